The number of imidazole rings is 1. The second-order valence-electron chi connectivity index (χ2n) is 6.14. The van der Waals surface area contributed by atoms with Crippen LogP contribution in [0.4, 0.5) is 5.69 Å². The summed E-state index contributed by atoms with van der Waals surface area (Å²) in [5.41, 5.74) is 1.18. The van der Waals surface area contributed by atoms with Crippen molar-refractivity contribution in [2.75, 3.05) is 11.9 Å². The zero-order valence-corrected chi connectivity index (χ0v) is 14.8. The molecule has 7 heteroatoms. The molecule has 6 nitrogen and oxygen atoms in total. The Morgan fingerprint density at radius 3 is 2.96 bits per heavy atom. The van der Waals surface area contributed by atoms with Gasteiger partial charge in [-0.25, -0.2) is 4.98 Å². The molecule has 1 saturated heterocycles. The number of nitrogens with zero attached hydrogens (tertiary/aromatic N) is 2. The Morgan fingerprint density at radius 1 is 1.27 bits per heavy atom. The number of carbonyl (C=O) groups excluding carboxylic acids is 2. The second-order valence-corrected chi connectivity index (χ2v) is 7.09. The van der Waals surface area contributed by atoms with Gasteiger partial charge < -0.3 is 15.2 Å². The fourth-order valence-corrected chi connectivity index (χ4v) is 3.87. The van der Waals surface area contributed by atoms with Crippen molar-refractivity contribution in [3.63, 3.8) is 0 Å². The zero-order chi connectivity index (χ0) is 17.9. The van der Waals surface area contributed by atoms with Crippen LogP contribution in [0.3, 0.4) is 0 Å². The Morgan fingerprint density at radius 2 is 2.19 bits per heavy atom. The molecular weight excluding hydrogens is 348 g/mol. The van der Waals surface area contributed by atoms with Crippen molar-refractivity contribution in [1.82, 2.24) is 14.9 Å². The number of benzene rings is 1. The summed E-state index contributed by atoms with van der Waals surface area (Å²) < 4.78 is 0. The molecule has 132 valence electrons. The summed E-state index contributed by atoms with van der Waals surface area (Å²) in [5, 5.41) is 4.71. The molecule has 1 aliphatic rings. The largest absolute Gasteiger partial charge is 0.347 e. The predicted octanol–water partition coefficient (Wildman–Crippen LogP) is 3.70. The molecule has 26 heavy (non-hydrogen) atoms. The van der Waals surface area contributed by atoms with Crippen molar-refractivity contribution in [2.45, 2.75) is 18.9 Å². The van der Waals surface area contributed by atoms with E-state index in [1.54, 1.807) is 42.7 Å². The van der Waals surface area contributed by atoms with E-state index in [0.29, 0.717) is 22.7 Å². The molecule has 1 aliphatic heterocycles. The molecule has 3 heterocycles. The van der Waals surface area contributed by atoms with E-state index in [4.69, 9.17) is 0 Å². The second kappa shape index (κ2) is 7.13. The highest BCUT2D eigenvalue weighted by Crippen LogP contribution is 2.31. The molecule has 0 saturated carbocycles. The molecule has 1 fully saturated rings. The molecule has 2 N–H and O–H groups in total. The van der Waals surface area contributed by atoms with Gasteiger partial charge in [0.05, 0.1) is 10.9 Å². The summed E-state index contributed by atoms with van der Waals surface area (Å²) in [6, 6.07) is 10.7. The summed E-state index contributed by atoms with van der Waals surface area (Å²) in [6.45, 7) is 0.704. The number of hydrogen-bond donors (Lipinski definition) is 2. The molecule has 1 unspecified atom stereocenters. The quantitative estimate of drug-likeness (QED) is 0.739. The summed E-state index contributed by atoms with van der Waals surface area (Å²) in [5.74, 6) is 0.605. The van der Waals surface area contributed by atoms with E-state index in [0.717, 1.165) is 18.7 Å². The number of amides is 2. The number of carbonyl (C=O) groups is 2. The van der Waals surface area contributed by atoms with Gasteiger partial charge in [0.25, 0.3) is 11.8 Å². The van der Waals surface area contributed by atoms with Crippen LogP contribution in [0, 0.1) is 0 Å². The van der Waals surface area contributed by atoms with Crippen molar-refractivity contribution < 1.29 is 9.59 Å². The first-order valence-corrected chi connectivity index (χ1v) is 9.35. The number of rotatable bonds is 4. The number of likely N-dealkylation sites (tertiary alicyclic amines) is 1. The summed E-state index contributed by atoms with van der Waals surface area (Å²) in [6.07, 6.45) is 5.33. The van der Waals surface area contributed by atoms with Crippen molar-refractivity contribution >= 4 is 28.8 Å². The maximum Gasteiger partial charge on any atom is 0.265 e. The van der Waals surface area contributed by atoms with Gasteiger partial charge in [0.2, 0.25) is 0 Å². The molecule has 2 aromatic heterocycles. The molecule has 4 rings (SSSR count). The number of H-pyrrole nitrogens is 1. The topological polar surface area (TPSA) is 78.1 Å². The Kier molecular flexibility index (Phi) is 4.53. The minimum atomic E-state index is -0.167. The minimum Gasteiger partial charge on any atom is -0.347 e. The smallest absolute Gasteiger partial charge is 0.265 e. The first-order valence-electron chi connectivity index (χ1n) is 8.47. The van der Waals surface area contributed by atoms with Gasteiger partial charge in [-0.15, -0.1) is 11.3 Å². The fourth-order valence-electron chi connectivity index (χ4n) is 3.25. The van der Waals surface area contributed by atoms with Crippen LogP contribution in [0.5, 0.6) is 0 Å². The van der Waals surface area contributed by atoms with E-state index in [2.05, 4.69) is 15.3 Å². The van der Waals surface area contributed by atoms with Gasteiger partial charge in [-0.2, -0.15) is 0 Å². The summed E-state index contributed by atoms with van der Waals surface area (Å²) >= 11 is 1.38. The molecular formula is C19H18N4O2S. The first-order chi connectivity index (χ1) is 12.7. The third-order valence-corrected chi connectivity index (χ3v) is 5.33. The van der Waals surface area contributed by atoms with Crippen LogP contribution >= 0.6 is 11.3 Å². The van der Waals surface area contributed by atoms with Crippen LogP contribution in [0.2, 0.25) is 0 Å². The first kappa shape index (κ1) is 16.5. The molecule has 1 aromatic carbocycles. The normalized spacial score (nSPS) is 16.6. The SMILES string of the molecule is O=C(Nc1cccc(C(=O)N2CCCC2c2ncc[nH]2)c1)c1cccs1. The van der Waals surface area contributed by atoms with Crippen LogP contribution in [0.1, 0.15) is 44.7 Å². The lowest BCUT2D eigenvalue weighted by Crippen LogP contribution is -2.31. The Balaban J connectivity index is 1.52. The van der Waals surface area contributed by atoms with Crippen molar-refractivity contribution in [3.8, 4) is 0 Å². The van der Waals surface area contributed by atoms with Crippen LogP contribution < -0.4 is 5.32 Å². The van der Waals surface area contributed by atoms with Gasteiger partial charge in [0, 0.05) is 30.2 Å². The average molecular weight is 366 g/mol. The van der Waals surface area contributed by atoms with Crippen LogP contribution in [-0.4, -0.2) is 33.2 Å². The lowest BCUT2D eigenvalue weighted by atomic mass is 10.1. The van der Waals surface area contributed by atoms with Gasteiger partial charge in [0.15, 0.2) is 0 Å². The van der Waals surface area contributed by atoms with Crippen molar-refractivity contribution in [1.29, 1.82) is 0 Å². The van der Waals surface area contributed by atoms with E-state index in [9.17, 15) is 9.59 Å². The van der Waals surface area contributed by atoms with Gasteiger partial charge in [-0.1, -0.05) is 12.1 Å². The van der Waals surface area contributed by atoms with Gasteiger partial charge in [0.1, 0.15) is 5.82 Å². The lowest BCUT2D eigenvalue weighted by molar-refractivity contribution is 0.0730. The van der Waals surface area contributed by atoms with Gasteiger partial charge >= 0.3 is 0 Å². The number of nitrogens with one attached hydrogen (secondary N) is 2. The maximum absolute atomic E-state index is 13.0. The van der Waals surface area contributed by atoms with E-state index in [1.807, 2.05) is 16.3 Å². The number of aromatic amines is 1. The number of hydrogen-bond acceptors (Lipinski definition) is 4. The summed E-state index contributed by atoms with van der Waals surface area (Å²) in [7, 11) is 0. The Bertz CT molecular complexity index is 906. The Hall–Kier alpha value is -2.93. The molecule has 2 amide bonds. The van der Waals surface area contributed by atoms with Crippen molar-refractivity contribution in [3.05, 3.63) is 70.4 Å². The molecule has 0 aliphatic carbocycles. The minimum absolute atomic E-state index is 0.0260. The molecule has 0 spiro atoms. The van der Waals surface area contributed by atoms with Crippen LogP contribution in [0.25, 0.3) is 0 Å². The highest BCUT2D eigenvalue weighted by atomic mass is 32.1. The van der Waals surface area contributed by atoms with E-state index < -0.39 is 0 Å². The third kappa shape index (κ3) is 3.25. The third-order valence-electron chi connectivity index (χ3n) is 4.46. The predicted molar refractivity (Wildman–Crippen MR) is 100 cm³/mol. The van der Waals surface area contributed by atoms with Gasteiger partial charge in [-0.3, -0.25) is 9.59 Å². The fraction of sp³-hybridized carbons (Fsp3) is 0.211. The number of anilines is 1. The number of thiophene rings is 1. The molecule has 0 bridgehead atoms. The standard InChI is InChI=1S/C19H18N4O2S/c24-18(16-7-3-11-26-16)22-14-5-1-4-13(12-14)19(25)23-10-2-6-15(23)17-20-8-9-21-17/h1,3-5,7-9,11-12,15H,2,6,10H2,(H,20,21)(H,22,24). The zero-order valence-electron chi connectivity index (χ0n) is 14.0. The van der Waals surface area contributed by atoms with Gasteiger partial charge in [-0.05, 0) is 42.5 Å². The van der Waals surface area contributed by atoms with Crippen LogP contribution in [0.15, 0.2) is 54.2 Å². The maximum atomic E-state index is 13.0. The average Bonchev–Trinajstić information content (AvgIpc) is 3.43. The monoisotopic (exact) mass is 366 g/mol. The Labute approximate surface area is 154 Å². The molecule has 1 atom stereocenters. The van der Waals surface area contributed by atoms with E-state index >= 15 is 0 Å². The van der Waals surface area contributed by atoms with Crippen LogP contribution in [-0.2, 0) is 0 Å². The highest BCUT2D eigenvalue weighted by Gasteiger charge is 2.32. The molecule has 3 aromatic rings. The van der Waals surface area contributed by atoms with E-state index in [-0.39, 0.29) is 17.9 Å². The highest BCUT2D eigenvalue weighted by molar-refractivity contribution is 7.12. The lowest BCUT2D eigenvalue weighted by Gasteiger charge is -2.23. The summed E-state index contributed by atoms with van der Waals surface area (Å²) in [4.78, 5) is 35.1. The molecule has 0 radical (unpaired) electrons. The van der Waals surface area contributed by atoms with E-state index in [1.165, 1.54) is 11.3 Å². The number of aromatic nitrogens is 2. The van der Waals surface area contributed by atoms with Crippen molar-refractivity contribution in [2.24, 2.45) is 0 Å².